The van der Waals surface area contributed by atoms with E-state index in [0.717, 1.165) is 18.0 Å². The van der Waals surface area contributed by atoms with Crippen molar-refractivity contribution in [2.24, 2.45) is 0 Å². The summed E-state index contributed by atoms with van der Waals surface area (Å²) in [5, 5.41) is 4.05. The minimum atomic E-state index is 0.231. The zero-order chi connectivity index (χ0) is 15.1. The molecule has 0 fully saturated rings. The van der Waals surface area contributed by atoms with E-state index in [2.05, 4.69) is 18.3 Å². The lowest BCUT2D eigenvalue weighted by atomic mass is 10.1. The van der Waals surface area contributed by atoms with Crippen molar-refractivity contribution < 1.29 is 9.47 Å². The van der Waals surface area contributed by atoms with E-state index in [1.165, 1.54) is 5.56 Å². The smallest absolute Gasteiger partial charge is 0.137 e. The topological polar surface area (TPSA) is 30.5 Å². The molecule has 112 valence electrons. The summed E-state index contributed by atoms with van der Waals surface area (Å²) in [5.41, 5.74) is 1.19. The highest BCUT2D eigenvalue weighted by molar-refractivity contribution is 6.32. The van der Waals surface area contributed by atoms with Crippen molar-refractivity contribution in [1.82, 2.24) is 5.32 Å². The van der Waals surface area contributed by atoms with Crippen LogP contribution in [0.4, 0.5) is 0 Å². The summed E-state index contributed by atoms with van der Waals surface area (Å²) in [7, 11) is 1.68. The Bertz CT molecular complexity index is 574. The molecule has 0 aliphatic heterocycles. The summed E-state index contributed by atoms with van der Waals surface area (Å²) in [4.78, 5) is 0. The molecular weight excluding hydrogens is 286 g/mol. The number of ether oxygens (including phenoxy) is 2. The zero-order valence-corrected chi connectivity index (χ0v) is 13.1. The summed E-state index contributed by atoms with van der Waals surface area (Å²) in [6, 6.07) is 15.8. The third-order valence-electron chi connectivity index (χ3n) is 3.24. The van der Waals surface area contributed by atoms with Crippen LogP contribution in [0, 0.1) is 0 Å². The first kappa shape index (κ1) is 15.7. The fraction of sp³-hybridized carbons (Fsp3) is 0.294. The van der Waals surface area contributed by atoms with Crippen LogP contribution in [0.2, 0.25) is 5.02 Å². The summed E-state index contributed by atoms with van der Waals surface area (Å²) < 4.78 is 10.9. The Morgan fingerprint density at radius 2 is 1.95 bits per heavy atom. The second kappa shape index (κ2) is 7.91. The Hall–Kier alpha value is -1.71. The van der Waals surface area contributed by atoms with E-state index in [-0.39, 0.29) is 6.04 Å². The van der Waals surface area contributed by atoms with Gasteiger partial charge in [-0.2, -0.15) is 0 Å². The maximum Gasteiger partial charge on any atom is 0.137 e. The molecule has 0 saturated carbocycles. The molecule has 0 amide bonds. The minimum Gasteiger partial charge on any atom is -0.497 e. The number of nitrogens with one attached hydrogen (secondary N) is 1. The Morgan fingerprint density at radius 1 is 1.14 bits per heavy atom. The predicted octanol–water partition coefficient (Wildman–Crippen LogP) is 4.08. The largest absolute Gasteiger partial charge is 0.497 e. The maximum atomic E-state index is 6.04. The van der Waals surface area contributed by atoms with Crippen molar-refractivity contribution >= 4 is 11.6 Å². The van der Waals surface area contributed by atoms with Crippen LogP contribution in [0.25, 0.3) is 0 Å². The molecule has 1 atom stereocenters. The maximum absolute atomic E-state index is 6.04. The van der Waals surface area contributed by atoms with Gasteiger partial charge >= 0.3 is 0 Å². The Kier molecular flexibility index (Phi) is 5.90. The van der Waals surface area contributed by atoms with Gasteiger partial charge in [0.1, 0.15) is 18.1 Å². The van der Waals surface area contributed by atoms with E-state index in [1.54, 1.807) is 7.11 Å². The SMILES string of the molecule is COc1cccc([C@@H](C)NCCOc2ccccc2Cl)c1. The van der Waals surface area contributed by atoms with E-state index >= 15 is 0 Å². The molecule has 0 aliphatic rings. The number of halogens is 1. The van der Waals surface area contributed by atoms with Crippen LogP contribution in [-0.2, 0) is 0 Å². The molecule has 2 aromatic carbocycles. The highest BCUT2D eigenvalue weighted by Gasteiger charge is 2.06. The van der Waals surface area contributed by atoms with Crippen LogP contribution < -0.4 is 14.8 Å². The average molecular weight is 306 g/mol. The van der Waals surface area contributed by atoms with Gasteiger partial charge in [-0.15, -0.1) is 0 Å². The van der Waals surface area contributed by atoms with E-state index in [1.807, 2.05) is 42.5 Å². The molecule has 0 bridgehead atoms. The van der Waals surface area contributed by atoms with E-state index < -0.39 is 0 Å². The van der Waals surface area contributed by atoms with E-state index in [0.29, 0.717) is 11.6 Å². The number of para-hydroxylation sites is 1. The lowest BCUT2D eigenvalue weighted by Gasteiger charge is -2.15. The van der Waals surface area contributed by atoms with Gasteiger partial charge in [-0.05, 0) is 36.8 Å². The number of rotatable bonds is 7. The zero-order valence-electron chi connectivity index (χ0n) is 12.3. The summed E-state index contributed by atoms with van der Waals surface area (Å²) in [5.74, 6) is 1.59. The molecule has 2 rings (SSSR count). The van der Waals surface area contributed by atoms with Crippen molar-refractivity contribution in [3.05, 3.63) is 59.1 Å². The molecule has 0 spiro atoms. The van der Waals surface area contributed by atoms with Gasteiger partial charge in [-0.25, -0.2) is 0 Å². The van der Waals surface area contributed by atoms with Gasteiger partial charge in [0, 0.05) is 12.6 Å². The van der Waals surface area contributed by atoms with Crippen LogP contribution in [0.15, 0.2) is 48.5 Å². The summed E-state index contributed by atoms with van der Waals surface area (Å²) in [6.07, 6.45) is 0. The minimum absolute atomic E-state index is 0.231. The van der Waals surface area contributed by atoms with Crippen LogP contribution in [0.1, 0.15) is 18.5 Å². The molecule has 0 aliphatic carbocycles. The molecule has 0 heterocycles. The number of hydrogen-bond acceptors (Lipinski definition) is 3. The predicted molar refractivity (Wildman–Crippen MR) is 86.4 cm³/mol. The number of benzene rings is 2. The first-order valence-electron chi connectivity index (χ1n) is 6.95. The lowest BCUT2D eigenvalue weighted by molar-refractivity contribution is 0.307. The molecule has 1 N–H and O–H groups in total. The third kappa shape index (κ3) is 4.66. The van der Waals surface area contributed by atoms with Crippen LogP contribution in [-0.4, -0.2) is 20.3 Å². The molecule has 4 heteroatoms. The lowest BCUT2D eigenvalue weighted by Crippen LogP contribution is -2.24. The third-order valence-corrected chi connectivity index (χ3v) is 3.55. The quantitative estimate of drug-likeness (QED) is 0.782. The first-order valence-corrected chi connectivity index (χ1v) is 7.33. The highest BCUT2D eigenvalue weighted by atomic mass is 35.5. The van der Waals surface area contributed by atoms with Crippen LogP contribution in [0.5, 0.6) is 11.5 Å². The molecular formula is C17H20ClNO2. The first-order chi connectivity index (χ1) is 10.2. The van der Waals surface area contributed by atoms with Gasteiger partial charge in [0.05, 0.1) is 12.1 Å². The second-order valence-corrected chi connectivity index (χ2v) is 5.14. The molecule has 0 unspecified atom stereocenters. The van der Waals surface area contributed by atoms with Crippen molar-refractivity contribution in [3.8, 4) is 11.5 Å². The second-order valence-electron chi connectivity index (χ2n) is 4.73. The van der Waals surface area contributed by atoms with Crippen molar-refractivity contribution in [2.45, 2.75) is 13.0 Å². The fourth-order valence-electron chi connectivity index (χ4n) is 2.03. The van der Waals surface area contributed by atoms with Gasteiger partial charge in [-0.3, -0.25) is 0 Å². The fourth-order valence-corrected chi connectivity index (χ4v) is 2.22. The highest BCUT2D eigenvalue weighted by Crippen LogP contribution is 2.23. The van der Waals surface area contributed by atoms with E-state index in [4.69, 9.17) is 21.1 Å². The number of hydrogen-bond donors (Lipinski definition) is 1. The number of methoxy groups -OCH3 is 1. The van der Waals surface area contributed by atoms with Crippen LogP contribution in [0.3, 0.4) is 0 Å². The molecule has 3 nitrogen and oxygen atoms in total. The van der Waals surface area contributed by atoms with Crippen molar-refractivity contribution in [3.63, 3.8) is 0 Å². The summed E-state index contributed by atoms with van der Waals surface area (Å²) in [6.45, 7) is 3.42. The standard InChI is InChI=1S/C17H20ClNO2/c1-13(14-6-5-7-15(12-14)20-2)19-10-11-21-17-9-4-3-8-16(17)18/h3-9,12-13,19H,10-11H2,1-2H3/t13-/m1/s1. The Morgan fingerprint density at radius 3 is 2.71 bits per heavy atom. The Labute approximate surface area is 130 Å². The molecule has 0 aromatic heterocycles. The molecule has 21 heavy (non-hydrogen) atoms. The van der Waals surface area contributed by atoms with Crippen molar-refractivity contribution in [2.75, 3.05) is 20.3 Å². The summed E-state index contributed by atoms with van der Waals surface area (Å²) >= 11 is 6.04. The Balaban J connectivity index is 1.79. The van der Waals surface area contributed by atoms with E-state index in [9.17, 15) is 0 Å². The molecule has 2 aromatic rings. The monoisotopic (exact) mass is 305 g/mol. The average Bonchev–Trinajstić information content (AvgIpc) is 2.53. The van der Waals surface area contributed by atoms with Gasteiger partial charge in [0.2, 0.25) is 0 Å². The van der Waals surface area contributed by atoms with Gasteiger partial charge in [0.15, 0.2) is 0 Å². The van der Waals surface area contributed by atoms with Gasteiger partial charge < -0.3 is 14.8 Å². The normalized spacial score (nSPS) is 12.0. The molecule has 0 radical (unpaired) electrons. The van der Waals surface area contributed by atoms with Gasteiger partial charge in [0.25, 0.3) is 0 Å². The molecule has 0 saturated heterocycles. The van der Waals surface area contributed by atoms with Crippen LogP contribution >= 0.6 is 11.6 Å². The van der Waals surface area contributed by atoms with Gasteiger partial charge in [-0.1, -0.05) is 35.9 Å². The van der Waals surface area contributed by atoms with Crippen molar-refractivity contribution in [1.29, 1.82) is 0 Å².